The van der Waals surface area contributed by atoms with Crippen molar-refractivity contribution in [2.75, 3.05) is 0 Å². The maximum Gasteiger partial charge on any atom is 0.0468 e. The van der Waals surface area contributed by atoms with Crippen LogP contribution >= 0.6 is 23.2 Å². The summed E-state index contributed by atoms with van der Waals surface area (Å²) >= 11 is 13.1. The van der Waals surface area contributed by atoms with Gasteiger partial charge in [0.05, 0.1) is 0 Å². The lowest BCUT2D eigenvalue weighted by atomic mass is 9.74. The molecule has 2 heteroatoms. The van der Waals surface area contributed by atoms with Gasteiger partial charge >= 0.3 is 0 Å². The summed E-state index contributed by atoms with van der Waals surface area (Å²) in [7, 11) is 0. The summed E-state index contributed by atoms with van der Waals surface area (Å²) in [6.07, 6.45) is 8.84. The first-order valence-electron chi connectivity index (χ1n) is 8.95. The van der Waals surface area contributed by atoms with E-state index in [1.54, 1.807) is 0 Å². The van der Waals surface area contributed by atoms with Crippen molar-refractivity contribution in [2.24, 2.45) is 23.7 Å². The second-order valence-electron chi connectivity index (χ2n) is 8.12. The molecule has 0 nitrogen and oxygen atoms in total. The molecule has 2 aromatic carbocycles. The topological polar surface area (TPSA) is 0 Å². The van der Waals surface area contributed by atoms with Crippen LogP contribution < -0.4 is 0 Å². The fraction of sp³-hybridized carbons (Fsp3) is 0.364. The summed E-state index contributed by atoms with van der Waals surface area (Å²) in [5, 5.41) is 1.60. The number of fused-ring (bicyclic) bond motifs is 10. The molecule has 120 valence electrons. The predicted octanol–water partition coefficient (Wildman–Crippen LogP) is 6.49. The molecule has 0 amide bonds. The minimum absolute atomic E-state index is 0.103. The number of benzene rings is 2. The van der Waals surface area contributed by atoms with Gasteiger partial charge in [0, 0.05) is 15.5 Å². The zero-order valence-corrected chi connectivity index (χ0v) is 14.8. The van der Waals surface area contributed by atoms with Crippen LogP contribution in [0, 0.1) is 23.7 Å². The maximum atomic E-state index is 6.78. The van der Waals surface area contributed by atoms with E-state index in [0.717, 1.165) is 33.7 Å². The predicted molar refractivity (Wildman–Crippen MR) is 99.6 cm³/mol. The van der Waals surface area contributed by atoms with Gasteiger partial charge in [-0.2, -0.15) is 0 Å². The third-order valence-corrected chi connectivity index (χ3v) is 7.75. The van der Waals surface area contributed by atoms with E-state index in [2.05, 4.69) is 42.5 Å². The van der Waals surface area contributed by atoms with Crippen LogP contribution in [0.15, 0.2) is 48.6 Å². The van der Waals surface area contributed by atoms with Crippen molar-refractivity contribution < 1.29 is 0 Å². The van der Waals surface area contributed by atoms with Crippen molar-refractivity contribution in [2.45, 2.75) is 24.7 Å². The monoisotopic (exact) mass is 352 g/mol. The highest BCUT2D eigenvalue weighted by atomic mass is 35.5. The van der Waals surface area contributed by atoms with Gasteiger partial charge < -0.3 is 0 Å². The summed E-state index contributed by atoms with van der Waals surface area (Å²) in [5.74, 6) is 3.24. The van der Waals surface area contributed by atoms with Crippen LogP contribution in [-0.2, 0) is 5.41 Å². The van der Waals surface area contributed by atoms with Crippen LogP contribution in [0.25, 0.3) is 11.1 Å². The van der Waals surface area contributed by atoms with Gasteiger partial charge in [0.1, 0.15) is 0 Å². The van der Waals surface area contributed by atoms with Crippen molar-refractivity contribution in [3.63, 3.8) is 0 Å². The van der Waals surface area contributed by atoms with Crippen LogP contribution in [0.5, 0.6) is 0 Å². The van der Waals surface area contributed by atoms with Crippen LogP contribution in [0.1, 0.15) is 30.4 Å². The van der Waals surface area contributed by atoms with Crippen LogP contribution in [0.2, 0.25) is 10.0 Å². The third kappa shape index (κ3) is 1.53. The summed E-state index contributed by atoms with van der Waals surface area (Å²) in [6, 6.07) is 13.0. The summed E-state index contributed by atoms with van der Waals surface area (Å²) in [5.41, 5.74) is 5.55. The highest BCUT2D eigenvalue weighted by Crippen LogP contribution is 2.67. The molecule has 4 aliphatic carbocycles. The largest absolute Gasteiger partial charge is 0.0848 e. The van der Waals surface area contributed by atoms with Crippen LogP contribution in [-0.4, -0.2) is 0 Å². The van der Waals surface area contributed by atoms with Crippen molar-refractivity contribution in [1.29, 1.82) is 0 Å². The minimum atomic E-state index is 0.103. The van der Waals surface area contributed by atoms with E-state index in [0.29, 0.717) is 0 Å². The SMILES string of the molecule is Clc1cc(Cl)c2c(c1)-c1ccccc1C21CC2C3C=CC(C3)C2C1. The highest BCUT2D eigenvalue weighted by Gasteiger charge is 2.59. The van der Waals surface area contributed by atoms with E-state index >= 15 is 0 Å². The van der Waals surface area contributed by atoms with Gasteiger partial charge in [-0.15, -0.1) is 0 Å². The molecule has 2 aromatic rings. The fourth-order valence-electron chi connectivity index (χ4n) is 6.49. The molecule has 2 fully saturated rings. The van der Waals surface area contributed by atoms with E-state index in [4.69, 9.17) is 23.2 Å². The Bertz CT molecular complexity index is 890. The Kier molecular flexibility index (Phi) is 2.61. The first kappa shape index (κ1) is 14.0. The smallest absolute Gasteiger partial charge is 0.0468 e. The van der Waals surface area contributed by atoms with Crippen LogP contribution in [0.4, 0.5) is 0 Å². The third-order valence-electron chi connectivity index (χ3n) is 7.23. The lowest BCUT2D eigenvalue weighted by molar-refractivity contribution is 0.364. The number of halogens is 2. The Labute approximate surface area is 152 Å². The molecule has 4 atom stereocenters. The molecule has 0 N–H and O–H groups in total. The second-order valence-corrected chi connectivity index (χ2v) is 8.97. The van der Waals surface area contributed by atoms with Gasteiger partial charge in [-0.3, -0.25) is 0 Å². The average Bonchev–Trinajstić information content (AvgIpc) is 3.29. The van der Waals surface area contributed by atoms with Crippen molar-refractivity contribution in [3.05, 3.63) is 69.7 Å². The average molecular weight is 353 g/mol. The quantitative estimate of drug-likeness (QED) is 0.475. The maximum absolute atomic E-state index is 6.78. The molecule has 0 aromatic heterocycles. The van der Waals surface area contributed by atoms with E-state index in [-0.39, 0.29) is 5.41 Å². The Morgan fingerprint density at radius 1 is 0.875 bits per heavy atom. The van der Waals surface area contributed by atoms with Crippen molar-refractivity contribution in [1.82, 2.24) is 0 Å². The molecular formula is C22H18Cl2. The van der Waals surface area contributed by atoms with Gasteiger partial charge in [0.2, 0.25) is 0 Å². The second kappa shape index (κ2) is 4.48. The summed E-state index contributed by atoms with van der Waals surface area (Å²) in [4.78, 5) is 0. The summed E-state index contributed by atoms with van der Waals surface area (Å²) in [6.45, 7) is 0. The molecule has 2 saturated carbocycles. The molecule has 0 radical (unpaired) electrons. The minimum Gasteiger partial charge on any atom is -0.0848 e. The molecule has 0 heterocycles. The van der Waals surface area contributed by atoms with Gasteiger partial charge in [-0.05, 0) is 77.3 Å². The van der Waals surface area contributed by atoms with E-state index in [1.807, 2.05) is 6.07 Å². The van der Waals surface area contributed by atoms with Crippen molar-refractivity contribution >= 4 is 23.2 Å². The Balaban J connectivity index is 1.61. The number of allylic oxidation sites excluding steroid dienone is 2. The van der Waals surface area contributed by atoms with E-state index < -0.39 is 0 Å². The Morgan fingerprint density at radius 3 is 2.33 bits per heavy atom. The number of rotatable bonds is 0. The van der Waals surface area contributed by atoms with Gasteiger partial charge in [-0.25, -0.2) is 0 Å². The number of hydrogen-bond acceptors (Lipinski definition) is 0. The van der Waals surface area contributed by atoms with Crippen molar-refractivity contribution in [3.8, 4) is 11.1 Å². The molecule has 24 heavy (non-hydrogen) atoms. The van der Waals surface area contributed by atoms with E-state index in [1.165, 1.54) is 41.5 Å². The van der Waals surface area contributed by atoms with Crippen LogP contribution in [0.3, 0.4) is 0 Å². The number of hydrogen-bond donors (Lipinski definition) is 0. The standard InChI is InChI=1S/C22H18Cl2/c23-14-8-16-15-3-1-2-4-19(15)22(21(16)20(24)9-14)10-17-12-5-6-13(7-12)18(17)11-22/h1-6,8-9,12-13,17-18H,7,10-11H2. The molecular weight excluding hydrogens is 335 g/mol. The normalized spacial score (nSPS) is 37.1. The molecule has 4 unspecified atom stereocenters. The highest BCUT2D eigenvalue weighted by molar-refractivity contribution is 6.36. The molecule has 2 bridgehead atoms. The fourth-order valence-corrected chi connectivity index (χ4v) is 7.16. The first-order chi connectivity index (χ1) is 11.7. The van der Waals surface area contributed by atoms with Gasteiger partial charge in [0.25, 0.3) is 0 Å². The summed E-state index contributed by atoms with van der Waals surface area (Å²) < 4.78 is 0. The molecule has 6 rings (SSSR count). The molecule has 4 aliphatic rings. The zero-order valence-electron chi connectivity index (χ0n) is 13.3. The molecule has 0 saturated heterocycles. The lowest BCUT2D eigenvalue weighted by Gasteiger charge is -2.29. The van der Waals surface area contributed by atoms with E-state index in [9.17, 15) is 0 Å². The Hall–Kier alpha value is -1.24. The molecule has 0 aliphatic heterocycles. The first-order valence-corrected chi connectivity index (χ1v) is 9.71. The lowest BCUT2D eigenvalue weighted by Crippen LogP contribution is -2.23. The van der Waals surface area contributed by atoms with Gasteiger partial charge in [0.15, 0.2) is 0 Å². The molecule has 1 spiro atoms. The van der Waals surface area contributed by atoms with Gasteiger partial charge in [-0.1, -0.05) is 59.6 Å². The Morgan fingerprint density at radius 2 is 1.58 bits per heavy atom. The zero-order chi connectivity index (χ0) is 16.1.